The normalized spacial score (nSPS) is 24.7. The van der Waals surface area contributed by atoms with Crippen molar-refractivity contribution in [2.24, 2.45) is 0 Å². The Kier molecular flexibility index (Phi) is 5.73. The van der Waals surface area contributed by atoms with Gasteiger partial charge in [-0.2, -0.15) is 11.8 Å². The van der Waals surface area contributed by atoms with Crippen molar-refractivity contribution in [1.29, 1.82) is 0 Å². The van der Waals surface area contributed by atoms with Gasteiger partial charge in [-0.1, -0.05) is 26.8 Å². The molecule has 3 unspecified atom stereocenters. The Labute approximate surface area is 127 Å². The minimum atomic E-state index is 0.360. The smallest absolute Gasteiger partial charge is 0.133 e. The second-order valence-corrected chi connectivity index (χ2v) is 7.64. The van der Waals surface area contributed by atoms with Crippen molar-refractivity contribution >= 4 is 17.6 Å². The molecule has 0 spiro atoms. The van der Waals surface area contributed by atoms with Crippen LogP contribution < -0.4 is 10.2 Å². The van der Waals surface area contributed by atoms with Gasteiger partial charge in [-0.15, -0.1) is 0 Å². The third kappa shape index (κ3) is 3.89. The van der Waals surface area contributed by atoms with E-state index in [1.165, 1.54) is 11.4 Å². The van der Waals surface area contributed by atoms with Crippen molar-refractivity contribution in [1.82, 2.24) is 10.3 Å². The minimum absolute atomic E-state index is 0.360. The van der Waals surface area contributed by atoms with E-state index in [1.54, 1.807) is 0 Å². The molecule has 112 valence electrons. The second kappa shape index (κ2) is 7.32. The third-order valence-corrected chi connectivity index (χ3v) is 4.93. The summed E-state index contributed by atoms with van der Waals surface area (Å²) >= 11 is 2.08. The van der Waals surface area contributed by atoms with E-state index in [4.69, 9.17) is 0 Å². The van der Waals surface area contributed by atoms with Crippen LogP contribution in [0.1, 0.15) is 45.7 Å². The molecule has 0 amide bonds. The zero-order valence-corrected chi connectivity index (χ0v) is 13.9. The molecule has 1 saturated heterocycles. The first-order valence-electron chi connectivity index (χ1n) is 7.70. The Bertz CT molecular complexity index is 414. The number of pyridine rings is 1. The van der Waals surface area contributed by atoms with Crippen LogP contribution in [0.25, 0.3) is 0 Å². The standard InChI is InChI=1S/C16H27N3S/c1-5-8-17-14(4)15-7-6-9-18-16(15)19-10-12(2)20-13(3)11-19/h6-7,9,12-14,17H,5,8,10-11H2,1-4H3. The molecule has 1 fully saturated rings. The molecular weight excluding hydrogens is 266 g/mol. The number of thioether (sulfide) groups is 1. The summed E-state index contributed by atoms with van der Waals surface area (Å²) in [5, 5.41) is 4.93. The first kappa shape index (κ1) is 15.6. The quantitative estimate of drug-likeness (QED) is 0.900. The van der Waals surface area contributed by atoms with E-state index in [0.29, 0.717) is 16.5 Å². The van der Waals surface area contributed by atoms with E-state index in [2.05, 4.69) is 66.8 Å². The molecule has 1 aromatic rings. The van der Waals surface area contributed by atoms with Gasteiger partial charge in [0.2, 0.25) is 0 Å². The van der Waals surface area contributed by atoms with Crippen LogP contribution in [0.4, 0.5) is 5.82 Å². The fraction of sp³-hybridized carbons (Fsp3) is 0.688. The number of aromatic nitrogens is 1. The first-order chi connectivity index (χ1) is 9.61. The molecule has 0 bridgehead atoms. The average molecular weight is 293 g/mol. The molecule has 3 atom stereocenters. The molecule has 20 heavy (non-hydrogen) atoms. The summed E-state index contributed by atoms with van der Waals surface area (Å²) in [6.45, 7) is 12.3. The van der Waals surface area contributed by atoms with E-state index in [9.17, 15) is 0 Å². The molecule has 1 aliphatic heterocycles. The maximum Gasteiger partial charge on any atom is 0.133 e. The lowest BCUT2D eigenvalue weighted by atomic mass is 10.1. The molecule has 2 heterocycles. The van der Waals surface area contributed by atoms with E-state index >= 15 is 0 Å². The molecule has 0 radical (unpaired) electrons. The number of nitrogens with zero attached hydrogens (tertiary/aromatic N) is 2. The zero-order valence-electron chi connectivity index (χ0n) is 13.1. The highest BCUT2D eigenvalue weighted by Crippen LogP contribution is 2.31. The minimum Gasteiger partial charge on any atom is -0.354 e. The Morgan fingerprint density at radius 1 is 1.40 bits per heavy atom. The number of hydrogen-bond donors (Lipinski definition) is 1. The van der Waals surface area contributed by atoms with Gasteiger partial charge < -0.3 is 10.2 Å². The summed E-state index contributed by atoms with van der Waals surface area (Å²) in [5.74, 6) is 1.17. The molecule has 2 rings (SSSR count). The predicted octanol–water partition coefficient (Wildman–Crippen LogP) is 3.47. The highest BCUT2D eigenvalue weighted by Gasteiger charge is 2.25. The maximum atomic E-state index is 4.68. The van der Waals surface area contributed by atoms with Crippen LogP contribution in [0.2, 0.25) is 0 Å². The summed E-state index contributed by atoms with van der Waals surface area (Å²) in [6.07, 6.45) is 3.08. The van der Waals surface area contributed by atoms with Gasteiger partial charge in [0, 0.05) is 41.4 Å². The second-order valence-electron chi connectivity index (χ2n) is 5.75. The Hall–Kier alpha value is -0.740. The predicted molar refractivity (Wildman–Crippen MR) is 89.7 cm³/mol. The number of anilines is 1. The molecule has 1 aliphatic rings. The van der Waals surface area contributed by atoms with Gasteiger partial charge in [0.05, 0.1) is 0 Å². The Balaban J connectivity index is 2.18. The number of hydrogen-bond acceptors (Lipinski definition) is 4. The summed E-state index contributed by atoms with van der Waals surface area (Å²) in [6, 6.07) is 4.63. The van der Waals surface area contributed by atoms with Crippen LogP contribution in [-0.2, 0) is 0 Å². The van der Waals surface area contributed by atoms with Crippen molar-refractivity contribution in [3.05, 3.63) is 23.9 Å². The van der Waals surface area contributed by atoms with E-state index in [1.807, 2.05) is 6.20 Å². The molecule has 0 aliphatic carbocycles. The molecule has 1 aromatic heterocycles. The lowest BCUT2D eigenvalue weighted by molar-refractivity contribution is 0.566. The Morgan fingerprint density at radius 2 is 2.10 bits per heavy atom. The summed E-state index contributed by atoms with van der Waals surface area (Å²) in [5.41, 5.74) is 1.33. The molecule has 4 heteroatoms. The van der Waals surface area contributed by atoms with Gasteiger partial charge in [-0.05, 0) is 26.0 Å². The van der Waals surface area contributed by atoms with Crippen LogP contribution in [0, 0.1) is 0 Å². The summed E-state index contributed by atoms with van der Waals surface area (Å²) in [4.78, 5) is 7.14. The fourth-order valence-corrected chi connectivity index (χ4v) is 4.16. The largest absolute Gasteiger partial charge is 0.354 e. The molecule has 0 saturated carbocycles. The topological polar surface area (TPSA) is 28.2 Å². The SMILES string of the molecule is CCCNC(C)c1cccnc1N1CC(C)SC(C)C1. The molecule has 3 nitrogen and oxygen atoms in total. The van der Waals surface area contributed by atoms with Crippen LogP contribution in [0.3, 0.4) is 0 Å². The van der Waals surface area contributed by atoms with Gasteiger partial charge in [-0.3, -0.25) is 0 Å². The molecule has 0 aromatic carbocycles. The van der Waals surface area contributed by atoms with Crippen molar-refractivity contribution in [3.63, 3.8) is 0 Å². The maximum absolute atomic E-state index is 4.68. The lowest BCUT2D eigenvalue weighted by Gasteiger charge is -2.37. The van der Waals surface area contributed by atoms with Crippen molar-refractivity contribution in [3.8, 4) is 0 Å². The average Bonchev–Trinajstić information content (AvgIpc) is 2.43. The van der Waals surface area contributed by atoms with Gasteiger partial charge in [0.1, 0.15) is 5.82 Å². The fourth-order valence-electron chi connectivity index (χ4n) is 2.83. The third-order valence-electron chi connectivity index (χ3n) is 3.70. The first-order valence-corrected chi connectivity index (χ1v) is 8.64. The highest BCUT2D eigenvalue weighted by molar-refractivity contribution is 8.00. The van der Waals surface area contributed by atoms with Gasteiger partial charge >= 0.3 is 0 Å². The van der Waals surface area contributed by atoms with Crippen LogP contribution in [-0.4, -0.2) is 35.1 Å². The van der Waals surface area contributed by atoms with Gasteiger partial charge in [0.25, 0.3) is 0 Å². The van der Waals surface area contributed by atoms with Crippen molar-refractivity contribution in [2.45, 2.75) is 50.7 Å². The highest BCUT2D eigenvalue weighted by atomic mass is 32.2. The van der Waals surface area contributed by atoms with Crippen LogP contribution in [0.5, 0.6) is 0 Å². The molecular formula is C16H27N3S. The van der Waals surface area contributed by atoms with Gasteiger partial charge in [0.15, 0.2) is 0 Å². The lowest BCUT2D eigenvalue weighted by Crippen LogP contribution is -2.41. The van der Waals surface area contributed by atoms with Crippen molar-refractivity contribution < 1.29 is 0 Å². The van der Waals surface area contributed by atoms with E-state index in [-0.39, 0.29) is 0 Å². The van der Waals surface area contributed by atoms with E-state index in [0.717, 1.165) is 26.1 Å². The van der Waals surface area contributed by atoms with Crippen LogP contribution in [0.15, 0.2) is 18.3 Å². The number of rotatable bonds is 5. The summed E-state index contributed by atoms with van der Waals surface area (Å²) < 4.78 is 0. The zero-order chi connectivity index (χ0) is 14.5. The van der Waals surface area contributed by atoms with Crippen molar-refractivity contribution in [2.75, 3.05) is 24.5 Å². The monoisotopic (exact) mass is 293 g/mol. The molecule has 1 N–H and O–H groups in total. The van der Waals surface area contributed by atoms with Crippen LogP contribution >= 0.6 is 11.8 Å². The Morgan fingerprint density at radius 3 is 2.75 bits per heavy atom. The number of nitrogens with one attached hydrogen (secondary N) is 1. The van der Waals surface area contributed by atoms with E-state index < -0.39 is 0 Å². The van der Waals surface area contributed by atoms with Gasteiger partial charge in [-0.25, -0.2) is 4.98 Å². The summed E-state index contributed by atoms with van der Waals surface area (Å²) in [7, 11) is 0.